The van der Waals surface area contributed by atoms with E-state index in [1.165, 1.54) is 25.6 Å². The van der Waals surface area contributed by atoms with Crippen molar-refractivity contribution >= 4 is 16.9 Å². The molecule has 0 unspecified atom stereocenters. The fraction of sp³-hybridized carbons (Fsp3) is 0.118. The lowest BCUT2D eigenvalue weighted by Gasteiger charge is -2.08. The largest absolute Gasteiger partial charge is 0.494 e. The maximum atomic E-state index is 12.2. The van der Waals surface area contributed by atoms with E-state index in [1.54, 1.807) is 0 Å². The van der Waals surface area contributed by atoms with Crippen molar-refractivity contribution in [2.45, 2.75) is 6.61 Å². The molecule has 0 saturated carbocycles. The zero-order valence-corrected chi connectivity index (χ0v) is 12.4. The van der Waals surface area contributed by atoms with E-state index in [0.29, 0.717) is 11.3 Å². The van der Waals surface area contributed by atoms with Crippen LogP contribution in [-0.4, -0.2) is 23.0 Å². The summed E-state index contributed by atoms with van der Waals surface area (Å²) in [5, 5.41) is 0.276. The van der Waals surface area contributed by atoms with Gasteiger partial charge in [0.25, 0.3) is 5.56 Å². The number of hydrogen-bond acceptors (Lipinski definition) is 5. The molecule has 0 aliphatic carbocycles. The Bertz CT molecular complexity index is 903. The molecule has 116 valence electrons. The number of rotatable bonds is 4. The summed E-state index contributed by atoms with van der Waals surface area (Å²) in [4.78, 5) is 30.7. The van der Waals surface area contributed by atoms with Gasteiger partial charge in [0.15, 0.2) is 0 Å². The minimum absolute atomic E-state index is 0.156. The van der Waals surface area contributed by atoms with E-state index in [1.807, 2.05) is 30.3 Å². The van der Waals surface area contributed by atoms with Crippen LogP contribution in [0.15, 0.2) is 53.6 Å². The van der Waals surface area contributed by atoms with Gasteiger partial charge in [0, 0.05) is 0 Å². The van der Waals surface area contributed by atoms with Crippen molar-refractivity contribution in [3.8, 4) is 5.75 Å². The van der Waals surface area contributed by atoms with Crippen molar-refractivity contribution in [2.75, 3.05) is 7.11 Å². The molecule has 0 aliphatic rings. The highest BCUT2D eigenvalue weighted by atomic mass is 16.5. The van der Waals surface area contributed by atoms with Crippen molar-refractivity contribution in [2.24, 2.45) is 0 Å². The number of benzene rings is 2. The molecule has 1 aromatic heterocycles. The maximum absolute atomic E-state index is 12.2. The number of carbonyl (C=O) groups is 1. The molecule has 0 amide bonds. The van der Waals surface area contributed by atoms with Crippen molar-refractivity contribution in [1.29, 1.82) is 0 Å². The molecule has 0 radical (unpaired) electrons. The van der Waals surface area contributed by atoms with Crippen LogP contribution in [0.4, 0.5) is 0 Å². The predicted molar refractivity (Wildman–Crippen MR) is 84.5 cm³/mol. The predicted octanol–water partition coefficient (Wildman–Crippen LogP) is 2.29. The molecule has 0 fully saturated rings. The molecule has 3 aromatic rings. The topological polar surface area (TPSA) is 81.3 Å². The molecule has 0 saturated heterocycles. The van der Waals surface area contributed by atoms with Crippen LogP contribution >= 0.6 is 0 Å². The van der Waals surface area contributed by atoms with Gasteiger partial charge in [-0.05, 0) is 17.7 Å². The van der Waals surface area contributed by atoms with Gasteiger partial charge in [-0.25, -0.2) is 9.78 Å². The van der Waals surface area contributed by atoms with Crippen LogP contribution < -0.4 is 10.3 Å². The number of carbonyl (C=O) groups excluding carboxylic acids is 1. The summed E-state index contributed by atoms with van der Waals surface area (Å²) in [6.45, 7) is 0.156. The van der Waals surface area contributed by atoms with E-state index >= 15 is 0 Å². The lowest BCUT2D eigenvalue weighted by molar-refractivity contribution is 0.0472. The second kappa shape index (κ2) is 6.31. The van der Waals surface area contributed by atoms with Crippen LogP contribution in [-0.2, 0) is 11.3 Å². The Balaban J connectivity index is 1.91. The Morgan fingerprint density at radius 1 is 1.22 bits per heavy atom. The number of methoxy groups -OCH3 is 1. The van der Waals surface area contributed by atoms with Crippen molar-refractivity contribution in [1.82, 2.24) is 9.97 Å². The molecule has 6 heteroatoms. The summed E-state index contributed by atoms with van der Waals surface area (Å²) < 4.78 is 10.5. The molecule has 23 heavy (non-hydrogen) atoms. The van der Waals surface area contributed by atoms with Gasteiger partial charge in [0.1, 0.15) is 17.9 Å². The number of H-pyrrole nitrogens is 1. The van der Waals surface area contributed by atoms with E-state index in [-0.39, 0.29) is 23.1 Å². The molecule has 0 aliphatic heterocycles. The standard InChI is InChI=1S/C17H14N2O4/c1-22-14-8-12(7-13-15(14)18-10-19-16(13)20)17(21)23-9-11-5-3-2-4-6-11/h2-8,10H,9H2,1H3,(H,18,19,20). The highest BCUT2D eigenvalue weighted by Crippen LogP contribution is 2.23. The Labute approximate surface area is 131 Å². The first-order valence-corrected chi connectivity index (χ1v) is 6.95. The lowest BCUT2D eigenvalue weighted by atomic mass is 10.1. The van der Waals surface area contributed by atoms with Crippen molar-refractivity contribution < 1.29 is 14.3 Å². The Morgan fingerprint density at radius 2 is 2.00 bits per heavy atom. The van der Waals surface area contributed by atoms with Gasteiger partial charge in [-0.2, -0.15) is 0 Å². The number of esters is 1. The van der Waals surface area contributed by atoms with Crippen molar-refractivity contribution in [3.05, 3.63) is 70.3 Å². The summed E-state index contributed by atoms with van der Waals surface area (Å²) in [7, 11) is 1.46. The van der Waals surface area contributed by atoms with E-state index < -0.39 is 5.97 Å². The average molecular weight is 310 g/mol. The van der Waals surface area contributed by atoms with Gasteiger partial charge < -0.3 is 14.5 Å². The number of hydrogen-bond donors (Lipinski definition) is 1. The van der Waals surface area contributed by atoms with Gasteiger partial charge in [0.05, 0.1) is 24.4 Å². The second-order valence-electron chi connectivity index (χ2n) is 4.87. The van der Waals surface area contributed by atoms with Gasteiger partial charge in [-0.1, -0.05) is 30.3 Å². The van der Waals surface area contributed by atoms with Crippen LogP contribution in [0.5, 0.6) is 5.75 Å². The number of fused-ring (bicyclic) bond motifs is 1. The molecule has 6 nitrogen and oxygen atoms in total. The molecular formula is C17H14N2O4. The number of ether oxygens (including phenoxy) is 2. The first kappa shape index (κ1) is 14.8. The number of aromatic amines is 1. The van der Waals surface area contributed by atoms with Crippen LogP contribution in [0.1, 0.15) is 15.9 Å². The summed E-state index contributed by atoms with van der Waals surface area (Å²) in [6, 6.07) is 12.3. The Hall–Kier alpha value is -3.15. The van der Waals surface area contributed by atoms with Crippen molar-refractivity contribution in [3.63, 3.8) is 0 Å². The molecule has 0 spiro atoms. The summed E-state index contributed by atoms with van der Waals surface area (Å²) in [5.74, 6) is -0.183. The van der Waals surface area contributed by atoms with Crippen LogP contribution in [0.2, 0.25) is 0 Å². The van der Waals surface area contributed by atoms with Gasteiger partial charge in [0.2, 0.25) is 0 Å². The maximum Gasteiger partial charge on any atom is 0.338 e. The van der Waals surface area contributed by atoms with E-state index in [0.717, 1.165) is 5.56 Å². The molecule has 2 aromatic carbocycles. The quantitative estimate of drug-likeness (QED) is 0.748. The number of nitrogens with zero attached hydrogens (tertiary/aromatic N) is 1. The van der Waals surface area contributed by atoms with Crippen LogP contribution in [0, 0.1) is 0 Å². The molecular weight excluding hydrogens is 296 g/mol. The summed E-state index contributed by atoms with van der Waals surface area (Å²) in [5.41, 5.74) is 1.18. The Kier molecular flexibility index (Phi) is 4.05. The third-order valence-electron chi connectivity index (χ3n) is 3.38. The number of aromatic nitrogens is 2. The first-order chi connectivity index (χ1) is 11.2. The average Bonchev–Trinajstić information content (AvgIpc) is 2.60. The molecule has 3 rings (SSSR count). The smallest absolute Gasteiger partial charge is 0.338 e. The third kappa shape index (κ3) is 3.06. The van der Waals surface area contributed by atoms with Gasteiger partial charge in [-0.15, -0.1) is 0 Å². The fourth-order valence-corrected chi connectivity index (χ4v) is 2.23. The van der Waals surface area contributed by atoms with Crippen LogP contribution in [0.3, 0.4) is 0 Å². The monoisotopic (exact) mass is 310 g/mol. The molecule has 0 bridgehead atoms. The number of nitrogens with one attached hydrogen (secondary N) is 1. The normalized spacial score (nSPS) is 10.5. The highest BCUT2D eigenvalue weighted by Gasteiger charge is 2.14. The fourth-order valence-electron chi connectivity index (χ4n) is 2.23. The minimum Gasteiger partial charge on any atom is -0.494 e. The van der Waals surface area contributed by atoms with E-state index in [4.69, 9.17) is 9.47 Å². The zero-order chi connectivity index (χ0) is 16.2. The SMILES string of the molecule is COc1cc(C(=O)OCc2ccccc2)cc2c(=O)[nH]cnc12. The van der Waals surface area contributed by atoms with Gasteiger partial charge in [-0.3, -0.25) is 4.79 Å². The Morgan fingerprint density at radius 3 is 2.74 bits per heavy atom. The van der Waals surface area contributed by atoms with E-state index in [2.05, 4.69) is 9.97 Å². The minimum atomic E-state index is -0.530. The molecule has 1 N–H and O–H groups in total. The lowest BCUT2D eigenvalue weighted by Crippen LogP contribution is -2.10. The van der Waals surface area contributed by atoms with Crippen LogP contribution in [0.25, 0.3) is 10.9 Å². The summed E-state index contributed by atoms with van der Waals surface area (Å²) >= 11 is 0. The van der Waals surface area contributed by atoms with E-state index in [9.17, 15) is 9.59 Å². The second-order valence-corrected chi connectivity index (χ2v) is 4.87. The summed E-state index contributed by atoms with van der Waals surface area (Å²) in [6.07, 6.45) is 1.29. The zero-order valence-electron chi connectivity index (χ0n) is 12.4. The third-order valence-corrected chi connectivity index (χ3v) is 3.38. The first-order valence-electron chi connectivity index (χ1n) is 6.95. The molecule has 0 atom stereocenters. The highest BCUT2D eigenvalue weighted by molar-refractivity contribution is 5.96. The van der Waals surface area contributed by atoms with Gasteiger partial charge >= 0.3 is 5.97 Å². The molecule has 1 heterocycles.